The van der Waals surface area contributed by atoms with Gasteiger partial charge < -0.3 is 4.57 Å². The molecule has 2 aromatic heterocycles. The summed E-state index contributed by atoms with van der Waals surface area (Å²) < 4.78 is 2.25. The summed E-state index contributed by atoms with van der Waals surface area (Å²) in [7, 11) is 0. The number of rotatable bonds is 3. The number of likely N-dealkylation sites (tertiary alicyclic amines) is 1. The molecule has 3 atom stereocenters. The van der Waals surface area contributed by atoms with Gasteiger partial charge in [-0.15, -0.1) is 0 Å². The molecule has 1 aliphatic rings. The highest BCUT2D eigenvalue weighted by molar-refractivity contribution is 5.08. The first-order valence-corrected chi connectivity index (χ1v) is 7.38. The van der Waals surface area contributed by atoms with Crippen LogP contribution in [-0.2, 0) is 0 Å². The molecule has 4 nitrogen and oxygen atoms in total. The quantitative estimate of drug-likeness (QED) is 0.860. The SMILES string of the molecule is CC1CCN(C(C)c2ccccn2)CC1n1ccnc1. The summed E-state index contributed by atoms with van der Waals surface area (Å²) in [6.07, 6.45) is 8.99. The summed E-state index contributed by atoms with van der Waals surface area (Å²) in [6, 6.07) is 7.04. The second kappa shape index (κ2) is 5.75. The fourth-order valence-electron chi connectivity index (χ4n) is 3.09. The molecule has 0 saturated carbocycles. The molecule has 2 aromatic rings. The molecule has 0 amide bonds. The zero-order valence-corrected chi connectivity index (χ0v) is 12.2. The molecule has 1 fully saturated rings. The van der Waals surface area contributed by atoms with E-state index in [9.17, 15) is 0 Å². The average molecular weight is 270 g/mol. The number of nitrogens with zero attached hydrogens (tertiary/aromatic N) is 4. The Morgan fingerprint density at radius 3 is 2.90 bits per heavy atom. The molecule has 1 saturated heterocycles. The van der Waals surface area contributed by atoms with Crippen LogP contribution >= 0.6 is 0 Å². The van der Waals surface area contributed by atoms with E-state index in [0.29, 0.717) is 18.0 Å². The second-order valence-electron chi connectivity index (χ2n) is 5.77. The minimum absolute atomic E-state index is 0.370. The lowest BCUT2D eigenvalue weighted by atomic mass is 9.92. The molecule has 0 bridgehead atoms. The highest BCUT2D eigenvalue weighted by atomic mass is 15.2. The van der Waals surface area contributed by atoms with Gasteiger partial charge in [0.15, 0.2) is 0 Å². The zero-order valence-electron chi connectivity index (χ0n) is 12.2. The van der Waals surface area contributed by atoms with Gasteiger partial charge in [0.1, 0.15) is 0 Å². The van der Waals surface area contributed by atoms with Crippen LogP contribution in [0, 0.1) is 5.92 Å². The van der Waals surface area contributed by atoms with Crippen LogP contribution in [0.3, 0.4) is 0 Å². The van der Waals surface area contributed by atoms with Gasteiger partial charge in [0.2, 0.25) is 0 Å². The zero-order chi connectivity index (χ0) is 13.9. The van der Waals surface area contributed by atoms with Gasteiger partial charge in [-0.2, -0.15) is 0 Å². The third-order valence-corrected chi connectivity index (χ3v) is 4.52. The fourth-order valence-corrected chi connectivity index (χ4v) is 3.09. The maximum atomic E-state index is 4.50. The van der Waals surface area contributed by atoms with Gasteiger partial charge in [-0.25, -0.2) is 4.98 Å². The summed E-state index contributed by atoms with van der Waals surface area (Å²) in [4.78, 5) is 11.2. The van der Waals surface area contributed by atoms with Crippen LogP contribution < -0.4 is 0 Å². The van der Waals surface area contributed by atoms with Gasteiger partial charge in [0, 0.05) is 37.2 Å². The smallest absolute Gasteiger partial charge is 0.0949 e. The van der Waals surface area contributed by atoms with Crippen LogP contribution in [0.15, 0.2) is 43.1 Å². The van der Waals surface area contributed by atoms with E-state index in [1.807, 2.05) is 24.8 Å². The van der Waals surface area contributed by atoms with Crippen molar-refractivity contribution in [2.24, 2.45) is 5.92 Å². The Bertz CT molecular complexity index is 523. The van der Waals surface area contributed by atoms with Crippen molar-refractivity contribution < 1.29 is 0 Å². The van der Waals surface area contributed by atoms with Crippen molar-refractivity contribution in [2.45, 2.75) is 32.4 Å². The van der Waals surface area contributed by atoms with E-state index in [-0.39, 0.29) is 0 Å². The van der Waals surface area contributed by atoms with Crippen LogP contribution in [0.25, 0.3) is 0 Å². The summed E-state index contributed by atoms with van der Waals surface area (Å²) in [5, 5.41) is 0. The first-order chi connectivity index (χ1) is 9.75. The second-order valence-corrected chi connectivity index (χ2v) is 5.77. The predicted molar refractivity (Wildman–Crippen MR) is 79.3 cm³/mol. The van der Waals surface area contributed by atoms with E-state index in [4.69, 9.17) is 0 Å². The normalized spacial score (nSPS) is 25.5. The molecule has 1 aliphatic heterocycles. The monoisotopic (exact) mass is 270 g/mol. The van der Waals surface area contributed by atoms with E-state index in [0.717, 1.165) is 18.8 Å². The molecule has 20 heavy (non-hydrogen) atoms. The van der Waals surface area contributed by atoms with Crippen molar-refractivity contribution in [1.29, 1.82) is 0 Å². The molecule has 0 aliphatic carbocycles. The van der Waals surface area contributed by atoms with Crippen LogP contribution in [0.4, 0.5) is 0 Å². The molecule has 4 heteroatoms. The largest absolute Gasteiger partial charge is 0.333 e. The maximum absolute atomic E-state index is 4.50. The third-order valence-electron chi connectivity index (χ3n) is 4.52. The lowest BCUT2D eigenvalue weighted by Gasteiger charge is -2.40. The van der Waals surface area contributed by atoms with Gasteiger partial charge in [0.25, 0.3) is 0 Å². The predicted octanol–water partition coefficient (Wildman–Crippen LogP) is 2.92. The Balaban J connectivity index is 1.75. The van der Waals surface area contributed by atoms with Crippen molar-refractivity contribution in [3.8, 4) is 0 Å². The highest BCUT2D eigenvalue weighted by Crippen LogP contribution is 2.31. The van der Waals surface area contributed by atoms with Crippen molar-refractivity contribution in [3.05, 3.63) is 48.8 Å². The maximum Gasteiger partial charge on any atom is 0.0949 e. The molecular formula is C16H22N4. The summed E-state index contributed by atoms with van der Waals surface area (Å²) in [6.45, 7) is 6.80. The number of imidazole rings is 1. The summed E-state index contributed by atoms with van der Waals surface area (Å²) in [5.41, 5.74) is 1.16. The fraction of sp³-hybridized carbons (Fsp3) is 0.500. The minimum atomic E-state index is 0.370. The van der Waals surface area contributed by atoms with Gasteiger partial charge in [-0.1, -0.05) is 13.0 Å². The standard InChI is InChI=1S/C16H22N4/c1-13-6-9-19(11-16(13)20-10-8-17-12-20)14(2)15-5-3-4-7-18-15/h3-5,7-8,10,12-14,16H,6,9,11H2,1-2H3. The van der Waals surface area contributed by atoms with Gasteiger partial charge in [-0.3, -0.25) is 9.88 Å². The first kappa shape index (κ1) is 13.3. The Morgan fingerprint density at radius 2 is 2.20 bits per heavy atom. The van der Waals surface area contributed by atoms with E-state index in [1.165, 1.54) is 6.42 Å². The number of hydrogen-bond donors (Lipinski definition) is 0. The summed E-state index contributed by atoms with van der Waals surface area (Å²) >= 11 is 0. The molecule has 3 heterocycles. The van der Waals surface area contributed by atoms with E-state index >= 15 is 0 Å². The molecule has 0 aromatic carbocycles. The van der Waals surface area contributed by atoms with Crippen LogP contribution in [0.5, 0.6) is 0 Å². The lowest BCUT2D eigenvalue weighted by Crippen LogP contribution is -2.41. The Morgan fingerprint density at radius 1 is 1.30 bits per heavy atom. The number of aromatic nitrogens is 3. The number of hydrogen-bond acceptors (Lipinski definition) is 3. The van der Waals surface area contributed by atoms with E-state index in [2.05, 4.69) is 51.6 Å². The van der Waals surface area contributed by atoms with Crippen molar-refractivity contribution in [1.82, 2.24) is 19.4 Å². The molecule has 0 radical (unpaired) electrons. The molecule has 0 spiro atoms. The molecule has 106 valence electrons. The van der Waals surface area contributed by atoms with E-state index in [1.54, 1.807) is 0 Å². The topological polar surface area (TPSA) is 34.0 Å². The number of piperidine rings is 1. The molecular weight excluding hydrogens is 248 g/mol. The van der Waals surface area contributed by atoms with Gasteiger partial charge in [0.05, 0.1) is 12.0 Å². The van der Waals surface area contributed by atoms with Crippen molar-refractivity contribution in [2.75, 3.05) is 13.1 Å². The Hall–Kier alpha value is -1.68. The first-order valence-electron chi connectivity index (χ1n) is 7.38. The Labute approximate surface area is 120 Å². The number of pyridine rings is 1. The third kappa shape index (κ3) is 2.61. The van der Waals surface area contributed by atoms with Crippen molar-refractivity contribution >= 4 is 0 Å². The summed E-state index contributed by atoms with van der Waals surface area (Å²) in [5.74, 6) is 0.691. The van der Waals surface area contributed by atoms with Crippen LogP contribution in [0.1, 0.15) is 38.0 Å². The van der Waals surface area contributed by atoms with Crippen LogP contribution in [0.2, 0.25) is 0 Å². The average Bonchev–Trinajstić information content (AvgIpc) is 3.02. The van der Waals surface area contributed by atoms with Crippen LogP contribution in [-0.4, -0.2) is 32.5 Å². The lowest BCUT2D eigenvalue weighted by molar-refractivity contribution is 0.0968. The minimum Gasteiger partial charge on any atom is -0.333 e. The molecule has 3 unspecified atom stereocenters. The molecule has 3 rings (SSSR count). The molecule has 0 N–H and O–H groups in total. The van der Waals surface area contributed by atoms with Gasteiger partial charge in [-0.05, 0) is 37.9 Å². The van der Waals surface area contributed by atoms with Gasteiger partial charge >= 0.3 is 0 Å². The van der Waals surface area contributed by atoms with E-state index < -0.39 is 0 Å². The highest BCUT2D eigenvalue weighted by Gasteiger charge is 2.30. The Kier molecular flexibility index (Phi) is 3.83. The van der Waals surface area contributed by atoms with Crippen molar-refractivity contribution in [3.63, 3.8) is 0 Å².